The molecule has 2 amide bonds. The second-order valence-electron chi connectivity index (χ2n) is 8.22. The highest BCUT2D eigenvalue weighted by atomic mass is 16.5. The molecule has 2 aromatic rings. The van der Waals surface area contributed by atoms with Crippen molar-refractivity contribution >= 4 is 23.2 Å². The van der Waals surface area contributed by atoms with Gasteiger partial charge in [-0.05, 0) is 49.2 Å². The van der Waals surface area contributed by atoms with Crippen LogP contribution in [0.3, 0.4) is 0 Å². The number of ether oxygens (including phenoxy) is 3. The summed E-state index contributed by atoms with van der Waals surface area (Å²) in [5.41, 5.74) is 2.41. The standard InChI is InChI=1S/C25H31N3O5/c1-3-19-5-4-6-21(15-19)32-17-24(29)26-20-7-8-23-22(16-20)28(25(30)18(2)33-23)10-9-27-11-13-31-14-12-27/h4-8,15-16,18H,3,9-14,17H2,1-2H3,(H,26,29). The number of hydrogen-bond donors (Lipinski definition) is 1. The molecule has 0 aliphatic carbocycles. The van der Waals surface area contributed by atoms with Crippen molar-refractivity contribution in [3.63, 3.8) is 0 Å². The monoisotopic (exact) mass is 453 g/mol. The van der Waals surface area contributed by atoms with Crippen molar-refractivity contribution in [2.24, 2.45) is 0 Å². The van der Waals surface area contributed by atoms with E-state index in [4.69, 9.17) is 14.2 Å². The van der Waals surface area contributed by atoms with Gasteiger partial charge in [0.05, 0.1) is 18.9 Å². The molecule has 1 fully saturated rings. The predicted octanol–water partition coefficient (Wildman–Crippen LogP) is 2.71. The Bertz CT molecular complexity index is 990. The van der Waals surface area contributed by atoms with Crippen LogP contribution in [0.1, 0.15) is 19.4 Å². The topological polar surface area (TPSA) is 80.3 Å². The number of morpholine rings is 1. The maximum absolute atomic E-state index is 12.9. The predicted molar refractivity (Wildman–Crippen MR) is 126 cm³/mol. The molecule has 4 rings (SSSR count). The Morgan fingerprint density at radius 1 is 1.15 bits per heavy atom. The van der Waals surface area contributed by atoms with E-state index in [1.807, 2.05) is 24.3 Å². The van der Waals surface area contributed by atoms with Crippen LogP contribution in [0.2, 0.25) is 0 Å². The van der Waals surface area contributed by atoms with Crippen molar-refractivity contribution in [1.82, 2.24) is 4.90 Å². The Kier molecular flexibility index (Phi) is 7.47. The number of hydrogen-bond acceptors (Lipinski definition) is 6. The van der Waals surface area contributed by atoms with Gasteiger partial charge < -0.3 is 24.4 Å². The van der Waals surface area contributed by atoms with Gasteiger partial charge in [-0.3, -0.25) is 14.5 Å². The second-order valence-corrected chi connectivity index (χ2v) is 8.22. The summed E-state index contributed by atoms with van der Waals surface area (Å²) >= 11 is 0. The molecule has 2 aromatic carbocycles. The van der Waals surface area contributed by atoms with Gasteiger partial charge in [-0.2, -0.15) is 0 Å². The van der Waals surface area contributed by atoms with Gasteiger partial charge in [0.15, 0.2) is 12.7 Å². The summed E-state index contributed by atoms with van der Waals surface area (Å²) in [5, 5.41) is 2.86. The summed E-state index contributed by atoms with van der Waals surface area (Å²) in [6, 6.07) is 13.1. The van der Waals surface area contributed by atoms with Gasteiger partial charge in [0.2, 0.25) is 0 Å². The lowest BCUT2D eigenvalue weighted by atomic mass is 10.1. The Balaban J connectivity index is 1.41. The number of anilines is 2. The number of aryl methyl sites for hydroxylation is 1. The number of nitrogens with one attached hydrogen (secondary N) is 1. The van der Waals surface area contributed by atoms with Crippen LogP contribution in [0.5, 0.6) is 11.5 Å². The van der Waals surface area contributed by atoms with Crippen LogP contribution in [-0.4, -0.2) is 68.8 Å². The highest BCUT2D eigenvalue weighted by Crippen LogP contribution is 2.36. The van der Waals surface area contributed by atoms with E-state index >= 15 is 0 Å². The van der Waals surface area contributed by atoms with Crippen LogP contribution in [0.25, 0.3) is 0 Å². The number of benzene rings is 2. The zero-order chi connectivity index (χ0) is 23.2. The van der Waals surface area contributed by atoms with E-state index in [0.29, 0.717) is 42.6 Å². The Hall–Kier alpha value is -3.10. The minimum absolute atomic E-state index is 0.0848. The van der Waals surface area contributed by atoms with E-state index in [9.17, 15) is 9.59 Å². The van der Waals surface area contributed by atoms with Crippen molar-refractivity contribution < 1.29 is 23.8 Å². The minimum atomic E-state index is -0.546. The second kappa shape index (κ2) is 10.7. The first kappa shape index (κ1) is 23.1. The number of carbonyl (C=O) groups is 2. The Labute approximate surface area is 194 Å². The van der Waals surface area contributed by atoms with Gasteiger partial charge >= 0.3 is 0 Å². The molecular weight excluding hydrogens is 422 g/mol. The fourth-order valence-electron chi connectivity index (χ4n) is 3.98. The van der Waals surface area contributed by atoms with E-state index < -0.39 is 6.10 Å². The van der Waals surface area contributed by atoms with Gasteiger partial charge in [0.25, 0.3) is 11.8 Å². The van der Waals surface area contributed by atoms with Crippen LogP contribution >= 0.6 is 0 Å². The molecule has 0 saturated carbocycles. The molecule has 1 unspecified atom stereocenters. The van der Waals surface area contributed by atoms with Gasteiger partial charge in [-0.15, -0.1) is 0 Å². The quantitative estimate of drug-likeness (QED) is 0.662. The van der Waals surface area contributed by atoms with E-state index in [0.717, 1.165) is 31.6 Å². The summed E-state index contributed by atoms with van der Waals surface area (Å²) in [6.45, 7) is 8.18. The van der Waals surface area contributed by atoms with Crippen molar-refractivity contribution in [3.05, 3.63) is 48.0 Å². The first-order chi connectivity index (χ1) is 16.0. The molecule has 8 heteroatoms. The normalized spacial score (nSPS) is 18.4. The van der Waals surface area contributed by atoms with Crippen molar-refractivity contribution in [2.75, 3.05) is 56.2 Å². The highest BCUT2D eigenvalue weighted by molar-refractivity contribution is 6.01. The molecule has 1 atom stereocenters. The van der Waals surface area contributed by atoms with E-state index in [2.05, 4.69) is 17.1 Å². The van der Waals surface area contributed by atoms with Crippen molar-refractivity contribution in [2.45, 2.75) is 26.4 Å². The third-order valence-corrected chi connectivity index (χ3v) is 5.87. The maximum Gasteiger partial charge on any atom is 0.267 e. The minimum Gasteiger partial charge on any atom is -0.484 e. The largest absolute Gasteiger partial charge is 0.484 e. The van der Waals surface area contributed by atoms with E-state index in [1.165, 1.54) is 0 Å². The van der Waals surface area contributed by atoms with Crippen LogP contribution in [0.4, 0.5) is 11.4 Å². The molecule has 2 heterocycles. The fraction of sp³-hybridized carbons (Fsp3) is 0.440. The third kappa shape index (κ3) is 5.83. The summed E-state index contributed by atoms with van der Waals surface area (Å²) in [6.07, 6.45) is 0.356. The lowest BCUT2D eigenvalue weighted by Gasteiger charge is -2.35. The molecule has 1 saturated heterocycles. The fourth-order valence-corrected chi connectivity index (χ4v) is 3.98. The van der Waals surface area contributed by atoms with E-state index in [-0.39, 0.29) is 18.4 Å². The number of nitrogens with zero attached hydrogens (tertiary/aromatic N) is 2. The molecule has 176 valence electrons. The number of fused-ring (bicyclic) bond motifs is 1. The first-order valence-electron chi connectivity index (χ1n) is 11.5. The Morgan fingerprint density at radius 3 is 2.76 bits per heavy atom. The number of carbonyl (C=O) groups excluding carboxylic acids is 2. The molecule has 0 spiro atoms. The van der Waals surface area contributed by atoms with Crippen LogP contribution in [0, 0.1) is 0 Å². The summed E-state index contributed by atoms with van der Waals surface area (Å²) in [5.74, 6) is 0.943. The molecule has 2 aliphatic heterocycles. The zero-order valence-electron chi connectivity index (χ0n) is 19.2. The molecule has 1 N–H and O–H groups in total. The van der Waals surface area contributed by atoms with Gasteiger partial charge in [-0.1, -0.05) is 19.1 Å². The first-order valence-corrected chi connectivity index (χ1v) is 11.5. The SMILES string of the molecule is CCc1cccc(OCC(=O)Nc2ccc3c(c2)N(CCN2CCOCC2)C(=O)C(C)O3)c1. The molecule has 0 radical (unpaired) electrons. The average Bonchev–Trinajstić information content (AvgIpc) is 2.84. The molecule has 2 aliphatic rings. The van der Waals surface area contributed by atoms with Crippen LogP contribution in [0.15, 0.2) is 42.5 Å². The summed E-state index contributed by atoms with van der Waals surface area (Å²) < 4.78 is 16.8. The Morgan fingerprint density at radius 2 is 1.97 bits per heavy atom. The molecule has 8 nitrogen and oxygen atoms in total. The van der Waals surface area contributed by atoms with Crippen LogP contribution < -0.4 is 19.7 Å². The van der Waals surface area contributed by atoms with Gasteiger partial charge in [0, 0.05) is 31.9 Å². The van der Waals surface area contributed by atoms with E-state index in [1.54, 1.807) is 30.0 Å². The van der Waals surface area contributed by atoms with Gasteiger partial charge in [0.1, 0.15) is 11.5 Å². The smallest absolute Gasteiger partial charge is 0.267 e. The van der Waals surface area contributed by atoms with Gasteiger partial charge in [-0.25, -0.2) is 0 Å². The molecular formula is C25H31N3O5. The zero-order valence-corrected chi connectivity index (χ0v) is 19.2. The van der Waals surface area contributed by atoms with Crippen molar-refractivity contribution in [1.29, 1.82) is 0 Å². The van der Waals surface area contributed by atoms with Crippen LogP contribution in [-0.2, 0) is 20.7 Å². The number of rotatable bonds is 8. The lowest BCUT2D eigenvalue weighted by Crippen LogP contribution is -2.48. The molecule has 33 heavy (non-hydrogen) atoms. The summed E-state index contributed by atoms with van der Waals surface area (Å²) in [7, 11) is 0. The summed E-state index contributed by atoms with van der Waals surface area (Å²) in [4.78, 5) is 29.4. The van der Waals surface area contributed by atoms with Crippen molar-refractivity contribution in [3.8, 4) is 11.5 Å². The highest BCUT2D eigenvalue weighted by Gasteiger charge is 2.32. The maximum atomic E-state index is 12.9. The third-order valence-electron chi connectivity index (χ3n) is 5.87. The number of amides is 2. The molecule has 0 bridgehead atoms. The molecule has 0 aromatic heterocycles. The lowest BCUT2D eigenvalue weighted by molar-refractivity contribution is -0.125. The average molecular weight is 454 g/mol.